The van der Waals surface area contributed by atoms with Crippen molar-refractivity contribution in [1.29, 1.82) is 0 Å². The topological polar surface area (TPSA) is 84.5 Å². The first-order valence-corrected chi connectivity index (χ1v) is 11.2. The van der Waals surface area contributed by atoms with Crippen molar-refractivity contribution in [3.8, 4) is 0 Å². The van der Waals surface area contributed by atoms with Gasteiger partial charge in [0.2, 0.25) is 5.91 Å². The molecule has 29 heavy (non-hydrogen) atoms. The zero-order valence-corrected chi connectivity index (χ0v) is 17.4. The highest BCUT2D eigenvalue weighted by molar-refractivity contribution is 7.99. The maximum absolute atomic E-state index is 12.6. The second-order valence-electron chi connectivity index (χ2n) is 6.58. The lowest BCUT2D eigenvalue weighted by Gasteiger charge is -2.34. The van der Waals surface area contributed by atoms with Crippen molar-refractivity contribution in [2.75, 3.05) is 31.9 Å². The van der Waals surface area contributed by atoms with E-state index in [4.69, 9.17) is 4.42 Å². The number of piperazine rings is 1. The number of furan rings is 1. The molecule has 152 valence electrons. The number of amides is 2. The highest BCUT2D eigenvalue weighted by Gasteiger charge is 2.26. The lowest BCUT2D eigenvalue weighted by atomic mass is 10.3. The summed E-state index contributed by atoms with van der Waals surface area (Å²) in [5, 5.41) is 10.9. The molecule has 0 atom stereocenters. The number of rotatable bonds is 7. The summed E-state index contributed by atoms with van der Waals surface area (Å²) in [7, 11) is 0. The van der Waals surface area contributed by atoms with Gasteiger partial charge in [-0.1, -0.05) is 17.8 Å². The maximum Gasteiger partial charge on any atom is 0.289 e. The Balaban J connectivity index is 1.24. The van der Waals surface area contributed by atoms with E-state index in [1.54, 1.807) is 39.6 Å². The van der Waals surface area contributed by atoms with Crippen LogP contribution in [0.3, 0.4) is 0 Å². The Morgan fingerprint density at radius 3 is 2.69 bits per heavy atom. The van der Waals surface area contributed by atoms with Gasteiger partial charge in [-0.25, -0.2) is 0 Å². The van der Waals surface area contributed by atoms with E-state index in [1.165, 1.54) is 22.9 Å². The molecule has 1 aliphatic heterocycles. The minimum atomic E-state index is -0.129. The molecule has 0 N–H and O–H groups in total. The van der Waals surface area contributed by atoms with Gasteiger partial charge in [-0.15, -0.1) is 21.5 Å². The number of aromatic nitrogens is 3. The minimum Gasteiger partial charge on any atom is -0.459 e. The predicted molar refractivity (Wildman–Crippen MR) is 110 cm³/mol. The lowest BCUT2D eigenvalue weighted by Crippen LogP contribution is -2.51. The molecule has 1 fully saturated rings. The van der Waals surface area contributed by atoms with E-state index >= 15 is 0 Å². The van der Waals surface area contributed by atoms with E-state index < -0.39 is 0 Å². The smallest absolute Gasteiger partial charge is 0.289 e. The third kappa shape index (κ3) is 4.88. The van der Waals surface area contributed by atoms with Crippen LogP contribution in [0.4, 0.5) is 0 Å². The van der Waals surface area contributed by atoms with E-state index in [2.05, 4.69) is 21.6 Å². The molecule has 1 aliphatic rings. The van der Waals surface area contributed by atoms with Crippen LogP contribution in [0.5, 0.6) is 0 Å². The first-order valence-electron chi connectivity index (χ1n) is 9.34. The molecule has 1 saturated heterocycles. The SMILES string of the molecule is O=C(CSc1nncn1CCc1cccs1)N1CCN(C(=O)c2ccco2)CC1. The largest absolute Gasteiger partial charge is 0.459 e. The first kappa shape index (κ1) is 19.7. The number of carbonyl (C=O) groups excluding carboxylic acids is 2. The molecule has 0 radical (unpaired) electrons. The van der Waals surface area contributed by atoms with Gasteiger partial charge < -0.3 is 18.8 Å². The fraction of sp³-hybridized carbons (Fsp3) is 0.368. The summed E-state index contributed by atoms with van der Waals surface area (Å²) in [6, 6.07) is 7.51. The summed E-state index contributed by atoms with van der Waals surface area (Å²) in [6.45, 7) is 2.85. The molecule has 0 spiro atoms. The third-order valence-electron chi connectivity index (χ3n) is 4.74. The van der Waals surface area contributed by atoms with Crippen LogP contribution in [0, 0.1) is 0 Å². The van der Waals surface area contributed by atoms with E-state index in [1.807, 2.05) is 10.6 Å². The van der Waals surface area contributed by atoms with Crippen LogP contribution in [-0.2, 0) is 17.8 Å². The molecule has 4 heterocycles. The molecular formula is C19H21N5O3S2. The van der Waals surface area contributed by atoms with Gasteiger partial charge in [-0.3, -0.25) is 9.59 Å². The maximum atomic E-state index is 12.6. The zero-order chi connectivity index (χ0) is 20.1. The molecular weight excluding hydrogens is 410 g/mol. The standard InChI is InChI=1S/C19H21N5O3S2/c25-17(22-7-9-23(10-8-22)18(26)16-4-1-11-27-16)13-29-19-21-20-14-24(19)6-5-15-3-2-12-28-15/h1-4,11-12,14H,5-10,13H2. The van der Waals surface area contributed by atoms with Crippen LogP contribution in [-0.4, -0.2) is 68.3 Å². The van der Waals surface area contributed by atoms with Crippen molar-refractivity contribution < 1.29 is 14.0 Å². The summed E-state index contributed by atoms with van der Waals surface area (Å²) < 4.78 is 7.15. The van der Waals surface area contributed by atoms with E-state index in [9.17, 15) is 9.59 Å². The van der Waals surface area contributed by atoms with Gasteiger partial charge in [0, 0.05) is 37.6 Å². The molecule has 8 nitrogen and oxygen atoms in total. The molecule has 0 aliphatic carbocycles. The van der Waals surface area contributed by atoms with Gasteiger partial charge in [0.05, 0.1) is 12.0 Å². The first-order chi connectivity index (χ1) is 14.2. The Hall–Kier alpha value is -2.59. The average molecular weight is 432 g/mol. The molecule has 0 unspecified atom stereocenters. The normalized spacial score (nSPS) is 14.3. The Labute approximate surface area is 176 Å². The number of thioether (sulfide) groups is 1. The van der Waals surface area contributed by atoms with Gasteiger partial charge >= 0.3 is 0 Å². The van der Waals surface area contributed by atoms with E-state index in [-0.39, 0.29) is 11.8 Å². The highest BCUT2D eigenvalue weighted by Crippen LogP contribution is 2.18. The zero-order valence-electron chi connectivity index (χ0n) is 15.8. The van der Waals surface area contributed by atoms with Crippen molar-refractivity contribution in [2.45, 2.75) is 18.1 Å². The fourth-order valence-electron chi connectivity index (χ4n) is 3.13. The number of thiophene rings is 1. The summed E-state index contributed by atoms with van der Waals surface area (Å²) in [6.07, 6.45) is 4.12. The van der Waals surface area contributed by atoms with Crippen molar-refractivity contribution in [3.05, 3.63) is 52.9 Å². The second kappa shape index (κ2) is 9.27. The highest BCUT2D eigenvalue weighted by atomic mass is 32.2. The molecule has 0 aromatic carbocycles. The molecule has 3 aromatic heterocycles. The Bertz CT molecular complexity index is 931. The van der Waals surface area contributed by atoms with Crippen molar-refractivity contribution in [3.63, 3.8) is 0 Å². The van der Waals surface area contributed by atoms with E-state index in [0.717, 1.165) is 18.1 Å². The summed E-state index contributed by atoms with van der Waals surface area (Å²) in [4.78, 5) is 29.7. The van der Waals surface area contributed by atoms with Crippen LogP contribution in [0.25, 0.3) is 0 Å². The number of aryl methyl sites for hydroxylation is 2. The van der Waals surface area contributed by atoms with Crippen molar-refractivity contribution >= 4 is 34.9 Å². The van der Waals surface area contributed by atoms with Gasteiger partial charge in [0.25, 0.3) is 5.91 Å². The van der Waals surface area contributed by atoms with Crippen LogP contribution >= 0.6 is 23.1 Å². The average Bonchev–Trinajstić information content (AvgIpc) is 3.52. The molecule has 2 amide bonds. The third-order valence-corrected chi connectivity index (χ3v) is 6.64. The number of nitrogens with zero attached hydrogens (tertiary/aromatic N) is 5. The monoisotopic (exact) mass is 431 g/mol. The van der Waals surface area contributed by atoms with Gasteiger partial charge in [-0.2, -0.15) is 0 Å². The Morgan fingerprint density at radius 2 is 1.97 bits per heavy atom. The second-order valence-corrected chi connectivity index (χ2v) is 8.55. The van der Waals surface area contributed by atoms with Crippen molar-refractivity contribution in [2.24, 2.45) is 0 Å². The van der Waals surface area contributed by atoms with E-state index in [0.29, 0.717) is 37.7 Å². The summed E-state index contributed by atoms with van der Waals surface area (Å²) in [5.74, 6) is 0.564. The van der Waals surface area contributed by atoms with Gasteiger partial charge in [-0.05, 0) is 30.0 Å². The van der Waals surface area contributed by atoms with Crippen molar-refractivity contribution in [1.82, 2.24) is 24.6 Å². The number of hydrogen-bond acceptors (Lipinski definition) is 7. The van der Waals surface area contributed by atoms with Crippen LogP contribution in [0.2, 0.25) is 0 Å². The molecule has 4 rings (SSSR count). The van der Waals surface area contributed by atoms with Gasteiger partial charge in [0.1, 0.15) is 6.33 Å². The van der Waals surface area contributed by atoms with Crippen LogP contribution in [0.15, 0.2) is 51.8 Å². The molecule has 0 saturated carbocycles. The van der Waals surface area contributed by atoms with Gasteiger partial charge in [0.15, 0.2) is 10.9 Å². The minimum absolute atomic E-state index is 0.0490. The Morgan fingerprint density at radius 1 is 1.14 bits per heavy atom. The quantitative estimate of drug-likeness (QED) is 0.534. The van der Waals surface area contributed by atoms with Crippen LogP contribution in [0.1, 0.15) is 15.4 Å². The fourth-order valence-corrected chi connectivity index (χ4v) is 4.67. The molecule has 3 aromatic rings. The lowest BCUT2D eigenvalue weighted by molar-refractivity contribution is -0.129. The number of hydrogen-bond donors (Lipinski definition) is 0. The summed E-state index contributed by atoms with van der Waals surface area (Å²) in [5.41, 5.74) is 0. The molecule has 0 bridgehead atoms. The number of carbonyl (C=O) groups is 2. The summed E-state index contributed by atoms with van der Waals surface area (Å²) >= 11 is 3.14. The Kier molecular flexibility index (Phi) is 6.30. The van der Waals surface area contributed by atoms with Crippen LogP contribution < -0.4 is 0 Å². The molecule has 10 heteroatoms. The predicted octanol–water partition coefficient (Wildman–Crippen LogP) is 2.25.